The van der Waals surface area contributed by atoms with Gasteiger partial charge in [0.05, 0.1) is 0 Å². The molecule has 0 radical (unpaired) electrons. The number of halogens is 1. The quantitative estimate of drug-likeness (QED) is 0.542. The second kappa shape index (κ2) is 5.54. The van der Waals surface area contributed by atoms with Crippen LogP contribution in [-0.2, 0) is 19.3 Å². The van der Waals surface area contributed by atoms with Crippen molar-refractivity contribution in [2.45, 2.75) is 19.3 Å². The highest BCUT2D eigenvalue weighted by Crippen LogP contribution is 2.40. The van der Waals surface area contributed by atoms with Gasteiger partial charge in [0.2, 0.25) is 0 Å². The molecule has 1 nitrogen and oxygen atoms in total. The predicted molar refractivity (Wildman–Crippen MR) is 92.9 cm³/mol. The summed E-state index contributed by atoms with van der Waals surface area (Å²) in [5, 5.41) is 0. The van der Waals surface area contributed by atoms with Crippen LogP contribution in [0.15, 0.2) is 60.7 Å². The van der Waals surface area contributed by atoms with Gasteiger partial charge in [-0.25, -0.2) is 4.39 Å². The van der Waals surface area contributed by atoms with Crippen LogP contribution in [0.1, 0.15) is 22.3 Å². The summed E-state index contributed by atoms with van der Waals surface area (Å²) in [6, 6.07) is 19.5. The van der Waals surface area contributed by atoms with Crippen LogP contribution in [-0.4, -0.2) is 0 Å². The van der Waals surface area contributed by atoms with Gasteiger partial charge in [-0.1, -0.05) is 48.5 Å². The molecular formula is C21H18FN. The van der Waals surface area contributed by atoms with Gasteiger partial charge in [0.25, 0.3) is 0 Å². The Labute approximate surface area is 135 Å². The Bertz CT molecular complexity index is 866. The maximum absolute atomic E-state index is 13.0. The van der Waals surface area contributed by atoms with Crippen LogP contribution in [0.5, 0.6) is 0 Å². The zero-order valence-corrected chi connectivity index (χ0v) is 12.9. The van der Waals surface area contributed by atoms with Crippen molar-refractivity contribution in [3.8, 4) is 11.1 Å². The fourth-order valence-electron chi connectivity index (χ4n) is 3.43. The largest absolute Gasteiger partial charge is 0.398 e. The number of aryl methyl sites for hydroxylation is 2. The molecule has 0 unspecified atom stereocenters. The van der Waals surface area contributed by atoms with Gasteiger partial charge in [0.15, 0.2) is 0 Å². The summed E-state index contributed by atoms with van der Waals surface area (Å²) >= 11 is 0. The van der Waals surface area contributed by atoms with Gasteiger partial charge >= 0.3 is 0 Å². The van der Waals surface area contributed by atoms with Gasteiger partial charge in [0, 0.05) is 12.1 Å². The Hall–Kier alpha value is -2.61. The van der Waals surface area contributed by atoms with Crippen molar-refractivity contribution >= 4 is 5.69 Å². The number of anilines is 1. The zero-order chi connectivity index (χ0) is 15.8. The van der Waals surface area contributed by atoms with Gasteiger partial charge in [0.1, 0.15) is 5.82 Å². The van der Waals surface area contributed by atoms with Crippen LogP contribution < -0.4 is 5.73 Å². The van der Waals surface area contributed by atoms with Gasteiger partial charge in [-0.05, 0) is 58.4 Å². The summed E-state index contributed by atoms with van der Waals surface area (Å²) in [5.41, 5.74) is 14.9. The van der Waals surface area contributed by atoms with Crippen molar-refractivity contribution in [1.82, 2.24) is 0 Å². The average Bonchev–Trinajstić information content (AvgIpc) is 2.95. The first-order valence-electron chi connectivity index (χ1n) is 7.95. The first-order valence-corrected chi connectivity index (χ1v) is 7.95. The zero-order valence-electron chi connectivity index (χ0n) is 12.9. The van der Waals surface area contributed by atoms with Crippen molar-refractivity contribution in [3.05, 3.63) is 88.7 Å². The second-order valence-corrected chi connectivity index (χ2v) is 6.12. The summed E-state index contributed by atoms with van der Waals surface area (Å²) in [6.45, 7) is 0. The maximum Gasteiger partial charge on any atom is 0.123 e. The van der Waals surface area contributed by atoms with Crippen LogP contribution in [0.2, 0.25) is 0 Å². The third-order valence-electron chi connectivity index (χ3n) is 4.72. The molecule has 0 bridgehead atoms. The third kappa shape index (κ3) is 2.50. The van der Waals surface area contributed by atoms with E-state index in [-0.39, 0.29) is 5.82 Å². The molecule has 1 aliphatic carbocycles. The Morgan fingerprint density at radius 1 is 0.826 bits per heavy atom. The summed E-state index contributed by atoms with van der Waals surface area (Å²) in [6.07, 6.45) is 2.67. The first kappa shape index (κ1) is 14.0. The molecule has 0 atom stereocenters. The fourth-order valence-corrected chi connectivity index (χ4v) is 3.43. The minimum Gasteiger partial charge on any atom is -0.398 e. The van der Waals surface area contributed by atoms with Gasteiger partial charge in [-0.2, -0.15) is 0 Å². The van der Waals surface area contributed by atoms with Crippen molar-refractivity contribution < 1.29 is 4.39 Å². The molecule has 0 amide bonds. The van der Waals surface area contributed by atoms with Crippen LogP contribution in [0.25, 0.3) is 11.1 Å². The number of benzene rings is 3. The normalized spacial score (nSPS) is 12.0. The molecule has 1 aliphatic rings. The van der Waals surface area contributed by atoms with Crippen LogP contribution in [0.4, 0.5) is 10.1 Å². The number of nitrogen functional groups attached to an aromatic ring is 1. The highest BCUT2D eigenvalue weighted by Gasteiger charge is 2.21. The van der Waals surface area contributed by atoms with E-state index in [1.165, 1.54) is 39.9 Å². The van der Waals surface area contributed by atoms with E-state index in [0.717, 1.165) is 30.5 Å². The molecule has 0 saturated carbocycles. The van der Waals surface area contributed by atoms with Crippen LogP contribution >= 0.6 is 0 Å². The summed E-state index contributed by atoms with van der Waals surface area (Å²) < 4.78 is 13.0. The van der Waals surface area contributed by atoms with Gasteiger partial charge in [-0.15, -0.1) is 0 Å². The summed E-state index contributed by atoms with van der Waals surface area (Å²) in [5.74, 6) is -0.191. The van der Waals surface area contributed by atoms with Crippen LogP contribution in [0, 0.1) is 5.82 Å². The van der Waals surface area contributed by atoms with E-state index in [1.54, 1.807) is 0 Å². The van der Waals surface area contributed by atoms with E-state index < -0.39 is 0 Å². The molecule has 0 aromatic heterocycles. The predicted octanol–water partition coefficient (Wildman–Crippen LogP) is 4.76. The molecule has 0 aliphatic heterocycles. The average molecular weight is 303 g/mol. The minimum absolute atomic E-state index is 0.191. The Kier molecular flexibility index (Phi) is 3.38. The molecule has 3 aromatic rings. The minimum atomic E-state index is -0.191. The fraction of sp³-hybridized carbons (Fsp3) is 0.143. The second-order valence-electron chi connectivity index (χ2n) is 6.12. The molecule has 0 spiro atoms. The number of hydrogen-bond acceptors (Lipinski definition) is 1. The number of nitrogens with two attached hydrogens (primary N) is 1. The van der Waals surface area contributed by atoms with E-state index >= 15 is 0 Å². The van der Waals surface area contributed by atoms with Crippen molar-refractivity contribution in [2.24, 2.45) is 0 Å². The Morgan fingerprint density at radius 2 is 1.61 bits per heavy atom. The molecule has 0 heterocycles. The van der Waals surface area contributed by atoms with Crippen molar-refractivity contribution in [3.63, 3.8) is 0 Å². The van der Waals surface area contributed by atoms with Crippen molar-refractivity contribution in [2.75, 3.05) is 5.73 Å². The lowest BCUT2D eigenvalue weighted by Gasteiger charge is -2.11. The van der Waals surface area contributed by atoms with E-state index in [9.17, 15) is 4.39 Å². The molecule has 0 saturated heterocycles. The number of rotatable bonds is 3. The monoisotopic (exact) mass is 303 g/mol. The molecule has 2 heteroatoms. The van der Waals surface area contributed by atoms with Crippen molar-refractivity contribution in [1.29, 1.82) is 0 Å². The highest BCUT2D eigenvalue weighted by atomic mass is 19.1. The molecule has 2 N–H and O–H groups in total. The number of hydrogen-bond donors (Lipinski definition) is 1. The molecule has 0 fully saturated rings. The van der Waals surface area contributed by atoms with E-state index in [1.807, 2.05) is 12.1 Å². The van der Waals surface area contributed by atoms with Gasteiger partial charge < -0.3 is 5.73 Å². The highest BCUT2D eigenvalue weighted by molar-refractivity contribution is 5.82. The van der Waals surface area contributed by atoms with E-state index in [4.69, 9.17) is 5.73 Å². The molecule has 23 heavy (non-hydrogen) atoms. The lowest BCUT2D eigenvalue weighted by atomic mass is 9.97. The molecular weight excluding hydrogens is 285 g/mol. The van der Waals surface area contributed by atoms with Gasteiger partial charge in [-0.3, -0.25) is 0 Å². The van der Waals surface area contributed by atoms with E-state index in [2.05, 4.69) is 36.4 Å². The number of fused-ring (bicyclic) bond motifs is 3. The molecule has 3 aromatic carbocycles. The maximum atomic E-state index is 13.0. The third-order valence-corrected chi connectivity index (χ3v) is 4.72. The topological polar surface area (TPSA) is 26.0 Å². The molecule has 114 valence electrons. The first-order chi connectivity index (χ1) is 11.2. The lowest BCUT2D eigenvalue weighted by Crippen LogP contribution is -2.01. The Morgan fingerprint density at radius 3 is 2.43 bits per heavy atom. The lowest BCUT2D eigenvalue weighted by molar-refractivity contribution is 0.627. The summed E-state index contributed by atoms with van der Waals surface area (Å²) in [4.78, 5) is 0. The molecule has 4 rings (SSSR count). The van der Waals surface area contributed by atoms with Crippen LogP contribution in [0.3, 0.4) is 0 Å². The Balaban J connectivity index is 1.60. The summed E-state index contributed by atoms with van der Waals surface area (Å²) in [7, 11) is 0. The van der Waals surface area contributed by atoms with E-state index in [0.29, 0.717) is 0 Å². The standard InChI is InChI=1S/C21H18FN/c22-17-10-6-14(7-11-17)5-8-15-9-12-19-18-4-2-1-3-16(18)13-20(19)21(15)23/h1-4,6-7,9-12H,5,8,13,23H2. The SMILES string of the molecule is Nc1c(CCc2ccc(F)cc2)ccc2c1Cc1ccccc1-2. The smallest absolute Gasteiger partial charge is 0.123 e.